The Balaban J connectivity index is 1.87. The Hall–Kier alpha value is -1.52. The summed E-state index contributed by atoms with van der Waals surface area (Å²) in [7, 11) is 1.84. The number of aromatic nitrogens is 2. The lowest BCUT2D eigenvalue weighted by Crippen LogP contribution is -2.31. The monoisotopic (exact) mass is 263 g/mol. The summed E-state index contributed by atoms with van der Waals surface area (Å²) in [6.07, 6.45) is 2.33. The van der Waals surface area contributed by atoms with Crippen LogP contribution >= 0.6 is 11.6 Å². The van der Waals surface area contributed by atoms with Crippen molar-refractivity contribution in [2.24, 2.45) is 12.8 Å². The molecule has 1 aliphatic heterocycles. The van der Waals surface area contributed by atoms with Gasteiger partial charge in [-0.2, -0.15) is 5.10 Å². The maximum absolute atomic E-state index is 6.26. The molecule has 5 heteroatoms. The predicted molar refractivity (Wildman–Crippen MR) is 69.7 cm³/mol. The molecular weight excluding hydrogens is 250 g/mol. The van der Waals surface area contributed by atoms with E-state index in [9.17, 15) is 0 Å². The number of para-hydroxylation sites is 1. The van der Waals surface area contributed by atoms with Crippen LogP contribution in [0.2, 0.25) is 5.02 Å². The lowest BCUT2D eigenvalue weighted by molar-refractivity contribution is 0.195. The third-order valence-electron chi connectivity index (χ3n) is 3.33. The third kappa shape index (κ3) is 1.78. The second-order valence-electron chi connectivity index (χ2n) is 4.50. The zero-order chi connectivity index (χ0) is 12.7. The second-order valence-corrected chi connectivity index (χ2v) is 4.90. The molecule has 3 rings (SSSR count). The van der Waals surface area contributed by atoms with E-state index in [-0.39, 0.29) is 12.1 Å². The van der Waals surface area contributed by atoms with E-state index in [1.165, 1.54) is 5.56 Å². The van der Waals surface area contributed by atoms with Crippen molar-refractivity contribution in [2.45, 2.75) is 18.6 Å². The SMILES string of the molecule is Cn1ncc(Cl)c1C(N)C1Cc2ccccc2O1. The first kappa shape index (κ1) is 11.6. The first-order valence-electron chi connectivity index (χ1n) is 5.84. The number of rotatable bonds is 2. The van der Waals surface area contributed by atoms with Gasteiger partial charge in [0.1, 0.15) is 11.9 Å². The Labute approximate surface area is 110 Å². The highest BCUT2D eigenvalue weighted by molar-refractivity contribution is 6.31. The fourth-order valence-electron chi connectivity index (χ4n) is 2.38. The van der Waals surface area contributed by atoms with E-state index in [0.717, 1.165) is 17.9 Å². The molecule has 0 saturated carbocycles. The molecule has 4 nitrogen and oxygen atoms in total. The molecule has 18 heavy (non-hydrogen) atoms. The summed E-state index contributed by atoms with van der Waals surface area (Å²) < 4.78 is 7.59. The average molecular weight is 264 g/mol. The van der Waals surface area contributed by atoms with Gasteiger partial charge >= 0.3 is 0 Å². The van der Waals surface area contributed by atoms with E-state index < -0.39 is 0 Å². The molecule has 2 N–H and O–H groups in total. The summed E-state index contributed by atoms with van der Waals surface area (Å²) in [5, 5.41) is 4.69. The third-order valence-corrected chi connectivity index (χ3v) is 3.62. The van der Waals surface area contributed by atoms with Crippen LogP contribution in [0, 0.1) is 0 Å². The molecule has 94 valence electrons. The Morgan fingerprint density at radius 3 is 2.94 bits per heavy atom. The number of hydrogen-bond acceptors (Lipinski definition) is 3. The molecule has 0 amide bonds. The Bertz CT molecular complexity index is 537. The molecule has 0 bridgehead atoms. The van der Waals surface area contributed by atoms with Crippen molar-refractivity contribution in [3.05, 3.63) is 46.7 Å². The summed E-state index contributed by atoms with van der Waals surface area (Å²) in [6, 6.07) is 7.72. The van der Waals surface area contributed by atoms with Crippen LogP contribution in [0.5, 0.6) is 5.75 Å². The normalized spacial score (nSPS) is 19.4. The Morgan fingerprint density at radius 1 is 1.50 bits per heavy atom. The summed E-state index contributed by atoms with van der Waals surface area (Å²) >= 11 is 6.11. The minimum absolute atomic E-state index is 0.0877. The van der Waals surface area contributed by atoms with Crippen molar-refractivity contribution in [1.82, 2.24) is 9.78 Å². The molecule has 0 aliphatic carbocycles. The van der Waals surface area contributed by atoms with E-state index in [4.69, 9.17) is 22.1 Å². The van der Waals surface area contributed by atoms with E-state index >= 15 is 0 Å². The number of nitrogens with zero attached hydrogens (tertiary/aromatic N) is 2. The molecule has 0 fully saturated rings. The van der Waals surface area contributed by atoms with Crippen LogP contribution in [-0.2, 0) is 13.5 Å². The quantitative estimate of drug-likeness (QED) is 0.903. The van der Waals surface area contributed by atoms with Crippen molar-refractivity contribution in [2.75, 3.05) is 0 Å². The van der Waals surface area contributed by atoms with Gasteiger partial charge in [0.05, 0.1) is 23.0 Å². The fourth-order valence-corrected chi connectivity index (χ4v) is 2.67. The van der Waals surface area contributed by atoms with Gasteiger partial charge in [0.15, 0.2) is 0 Å². The van der Waals surface area contributed by atoms with Gasteiger partial charge in [-0.3, -0.25) is 4.68 Å². The number of hydrogen-bond donors (Lipinski definition) is 1. The number of nitrogens with two attached hydrogens (primary N) is 1. The number of benzene rings is 1. The van der Waals surface area contributed by atoms with Gasteiger partial charge in [-0.15, -0.1) is 0 Å². The minimum Gasteiger partial charge on any atom is -0.488 e. The van der Waals surface area contributed by atoms with Crippen LogP contribution < -0.4 is 10.5 Å². The van der Waals surface area contributed by atoms with Crippen molar-refractivity contribution in [3.63, 3.8) is 0 Å². The van der Waals surface area contributed by atoms with Crippen LogP contribution in [0.15, 0.2) is 30.5 Å². The smallest absolute Gasteiger partial charge is 0.124 e. The van der Waals surface area contributed by atoms with Crippen LogP contribution in [0.4, 0.5) is 0 Å². The van der Waals surface area contributed by atoms with Gasteiger partial charge in [-0.05, 0) is 11.6 Å². The zero-order valence-corrected chi connectivity index (χ0v) is 10.8. The molecule has 2 atom stereocenters. The minimum atomic E-state index is -0.280. The summed E-state index contributed by atoms with van der Waals surface area (Å²) in [6.45, 7) is 0. The molecule has 2 heterocycles. The lowest BCUT2D eigenvalue weighted by Gasteiger charge is -2.19. The maximum Gasteiger partial charge on any atom is 0.124 e. The first-order valence-corrected chi connectivity index (χ1v) is 6.22. The van der Waals surface area contributed by atoms with Crippen LogP contribution in [-0.4, -0.2) is 15.9 Å². The lowest BCUT2D eigenvalue weighted by atomic mass is 10.0. The number of ether oxygens (including phenoxy) is 1. The van der Waals surface area contributed by atoms with E-state index in [2.05, 4.69) is 11.2 Å². The number of fused-ring (bicyclic) bond motifs is 1. The van der Waals surface area contributed by atoms with Crippen LogP contribution in [0.3, 0.4) is 0 Å². The zero-order valence-electron chi connectivity index (χ0n) is 10.0. The molecule has 0 spiro atoms. The van der Waals surface area contributed by atoms with Crippen LogP contribution in [0.25, 0.3) is 0 Å². The average Bonchev–Trinajstić information content (AvgIpc) is 2.92. The number of halogens is 1. The topological polar surface area (TPSA) is 53.1 Å². The number of aryl methyl sites for hydroxylation is 1. The van der Waals surface area contributed by atoms with Gasteiger partial charge in [0, 0.05) is 13.5 Å². The molecule has 2 unspecified atom stereocenters. The van der Waals surface area contributed by atoms with Gasteiger partial charge in [-0.1, -0.05) is 29.8 Å². The highest BCUT2D eigenvalue weighted by atomic mass is 35.5. The molecule has 0 radical (unpaired) electrons. The van der Waals surface area contributed by atoms with Crippen molar-refractivity contribution in [3.8, 4) is 5.75 Å². The van der Waals surface area contributed by atoms with Crippen molar-refractivity contribution in [1.29, 1.82) is 0 Å². The molecule has 0 saturated heterocycles. The van der Waals surface area contributed by atoms with Crippen LogP contribution in [0.1, 0.15) is 17.3 Å². The first-order chi connectivity index (χ1) is 8.66. The Morgan fingerprint density at radius 2 is 2.28 bits per heavy atom. The van der Waals surface area contributed by atoms with Crippen molar-refractivity contribution < 1.29 is 4.74 Å². The van der Waals surface area contributed by atoms with Gasteiger partial charge in [0.25, 0.3) is 0 Å². The molecule has 1 aromatic carbocycles. The standard InChI is InChI=1S/C13H14ClN3O/c1-17-13(9(14)7-16-17)12(15)11-6-8-4-2-3-5-10(8)18-11/h2-5,7,11-12H,6,15H2,1H3. The van der Waals surface area contributed by atoms with Gasteiger partial charge in [0.2, 0.25) is 0 Å². The summed E-state index contributed by atoms with van der Waals surface area (Å²) in [4.78, 5) is 0. The molecule has 2 aromatic rings. The predicted octanol–water partition coefficient (Wildman–Crippen LogP) is 2.08. The molecular formula is C13H14ClN3O. The van der Waals surface area contributed by atoms with Gasteiger partial charge in [-0.25, -0.2) is 0 Å². The van der Waals surface area contributed by atoms with E-state index in [1.807, 2.05) is 25.2 Å². The highest BCUT2D eigenvalue weighted by Crippen LogP contribution is 2.34. The van der Waals surface area contributed by atoms with E-state index in [0.29, 0.717) is 5.02 Å². The fraction of sp³-hybridized carbons (Fsp3) is 0.308. The molecule has 1 aliphatic rings. The highest BCUT2D eigenvalue weighted by Gasteiger charge is 2.31. The maximum atomic E-state index is 6.26. The molecule has 1 aromatic heterocycles. The Kier molecular flexibility index (Phi) is 2.76. The van der Waals surface area contributed by atoms with Crippen molar-refractivity contribution >= 4 is 11.6 Å². The second kappa shape index (κ2) is 4.30. The van der Waals surface area contributed by atoms with E-state index in [1.54, 1.807) is 10.9 Å². The van der Waals surface area contributed by atoms with Gasteiger partial charge < -0.3 is 10.5 Å². The summed E-state index contributed by atoms with van der Waals surface area (Å²) in [5.74, 6) is 0.913. The summed E-state index contributed by atoms with van der Waals surface area (Å²) in [5.41, 5.74) is 8.26. The largest absolute Gasteiger partial charge is 0.488 e.